The second-order valence-electron chi connectivity index (χ2n) is 9.61. The molecule has 2 aromatic carbocycles. The van der Waals surface area contributed by atoms with Gasteiger partial charge in [-0.2, -0.15) is 0 Å². The SMILES string of the molecule is CCOc1cc(C(=O)Nc2ccc([C@@H]3OCC(C)(C)[C@@H](C(C)C)O3)cc2)cc(OCC)c1OCC. The Balaban J connectivity index is 1.76. The van der Waals surface area contributed by atoms with Gasteiger partial charge in [0, 0.05) is 22.2 Å². The third-order valence-electron chi connectivity index (χ3n) is 5.86. The largest absolute Gasteiger partial charge is 0.490 e. The van der Waals surface area contributed by atoms with E-state index in [1.165, 1.54) is 0 Å². The van der Waals surface area contributed by atoms with Gasteiger partial charge in [-0.15, -0.1) is 0 Å². The molecule has 1 N–H and O–H groups in total. The van der Waals surface area contributed by atoms with Crippen molar-refractivity contribution in [2.45, 2.75) is 60.9 Å². The fourth-order valence-electron chi connectivity index (χ4n) is 4.41. The van der Waals surface area contributed by atoms with Crippen molar-refractivity contribution < 1.29 is 28.5 Å². The minimum absolute atomic E-state index is 0.0447. The van der Waals surface area contributed by atoms with Gasteiger partial charge in [-0.25, -0.2) is 0 Å². The molecule has 1 saturated heterocycles. The van der Waals surface area contributed by atoms with Crippen molar-refractivity contribution in [3.05, 3.63) is 47.5 Å². The van der Waals surface area contributed by atoms with Gasteiger partial charge >= 0.3 is 0 Å². The summed E-state index contributed by atoms with van der Waals surface area (Å²) in [5.74, 6) is 1.58. The van der Waals surface area contributed by atoms with Crippen molar-refractivity contribution in [3.8, 4) is 17.2 Å². The van der Waals surface area contributed by atoms with Crippen LogP contribution in [0.25, 0.3) is 0 Å². The highest BCUT2D eigenvalue weighted by Crippen LogP contribution is 2.41. The Morgan fingerprint density at radius 1 is 1.00 bits per heavy atom. The van der Waals surface area contributed by atoms with E-state index in [4.69, 9.17) is 23.7 Å². The maximum absolute atomic E-state index is 13.1. The first-order valence-corrected chi connectivity index (χ1v) is 12.4. The Labute approximate surface area is 209 Å². The van der Waals surface area contributed by atoms with E-state index in [-0.39, 0.29) is 17.4 Å². The van der Waals surface area contributed by atoms with Crippen molar-refractivity contribution in [1.29, 1.82) is 0 Å². The zero-order valence-electron chi connectivity index (χ0n) is 22.0. The van der Waals surface area contributed by atoms with Gasteiger partial charge in [0.05, 0.1) is 32.5 Å². The number of amides is 1. The van der Waals surface area contributed by atoms with Crippen LogP contribution in [-0.2, 0) is 9.47 Å². The van der Waals surface area contributed by atoms with Crippen LogP contribution in [0.2, 0.25) is 0 Å². The summed E-state index contributed by atoms with van der Waals surface area (Å²) < 4.78 is 29.5. The average Bonchev–Trinajstić information content (AvgIpc) is 2.81. The molecule has 7 heteroatoms. The summed E-state index contributed by atoms with van der Waals surface area (Å²) in [6.45, 7) is 16.3. The molecule has 0 bridgehead atoms. The normalized spacial score (nSPS) is 19.3. The standard InChI is InChI=1S/C28H39NO6/c1-8-31-22-15-20(16-23(32-9-2)24(22)33-10-3)26(30)29-21-13-11-19(12-14-21)27-34-17-28(6,7)25(35-27)18(4)5/h11-16,18,25,27H,8-10,17H2,1-7H3,(H,29,30)/t25-,27-/m1/s1. The van der Waals surface area contributed by atoms with E-state index in [0.29, 0.717) is 60.8 Å². The number of hydrogen-bond donors (Lipinski definition) is 1. The number of hydrogen-bond acceptors (Lipinski definition) is 6. The van der Waals surface area contributed by atoms with Crippen molar-refractivity contribution in [1.82, 2.24) is 0 Å². The van der Waals surface area contributed by atoms with Crippen LogP contribution >= 0.6 is 0 Å². The van der Waals surface area contributed by atoms with Crippen LogP contribution in [-0.4, -0.2) is 38.4 Å². The highest BCUT2D eigenvalue weighted by Gasteiger charge is 2.40. The fourth-order valence-corrected chi connectivity index (χ4v) is 4.41. The predicted octanol–water partition coefficient (Wildman–Crippen LogP) is 6.23. The Morgan fingerprint density at radius 2 is 1.57 bits per heavy atom. The molecule has 1 aliphatic heterocycles. The lowest BCUT2D eigenvalue weighted by atomic mass is 9.80. The maximum atomic E-state index is 13.1. The van der Waals surface area contributed by atoms with Crippen LogP contribution in [0.5, 0.6) is 17.2 Å². The van der Waals surface area contributed by atoms with Gasteiger partial charge in [-0.3, -0.25) is 4.79 Å². The highest BCUT2D eigenvalue weighted by atomic mass is 16.7. The summed E-state index contributed by atoms with van der Waals surface area (Å²) in [6, 6.07) is 10.9. The van der Waals surface area contributed by atoms with Crippen LogP contribution in [0.1, 0.15) is 70.7 Å². The number of ether oxygens (including phenoxy) is 5. The molecule has 1 aliphatic rings. The monoisotopic (exact) mass is 485 g/mol. The minimum Gasteiger partial charge on any atom is -0.490 e. The average molecular weight is 486 g/mol. The molecule has 192 valence electrons. The first kappa shape index (κ1) is 26.8. The van der Waals surface area contributed by atoms with E-state index in [9.17, 15) is 4.79 Å². The molecule has 0 spiro atoms. The molecule has 0 saturated carbocycles. The Morgan fingerprint density at radius 3 is 2.09 bits per heavy atom. The molecule has 0 aromatic heterocycles. The number of benzene rings is 2. The van der Waals surface area contributed by atoms with Gasteiger partial charge in [0.15, 0.2) is 17.8 Å². The van der Waals surface area contributed by atoms with Gasteiger partial charge in [-0.05, 0) is 51.0 Å². The Hall–Kier alpha value is -2.77. The van der Waals surface area contributed by atoms with Crippen LogP contribution in [0.4, 0.5) is 5.69 Å². The number of nitrogens with one attached hydrogen (secondary N) is 1. The first-order chi connectivity index (χ1) is 16.7. The smallest absolute Gasteiger partial charge is 0.255 e. The lowest BCUT2D eigenvalue weighted by Gasteiger charge is -2.44. The molecule has 3 rings (SSSR count). The van der Waals surface area contributed by atoms with Gasteiger partial charge in [0.2, 0.25) is 5.75 Å². The van der Waals surface area contributed by atoms with E-state index in [2.05, 4.69) is 33.0 Å². The molecular formula is C28H39NO6. The molecule has 0 aliphatic carbocycles. The molecule has 2 atom stereocenters. The van der Waals surface area contributed by atoms with E-state index >= 15 is 0 Å². The van der Waals surface area contributed by atoms with Crippen LogP contribution < -0.4 is 19.5 Å². The zero-order chi connectivity index (χ0) is 25.6. The van der Waals surface area contributed by atoms with Crippen molar-refractivity contribution in [3.63, 3.8) is 0 Å². The second-order valence-corrected chi connectivity index (χ2v) is 9.61. The van der Waals surface area contributed by atoms with E-state index in [1.807, 2.05) is 45.0 Å². The number of carbonyl (C=O) groups is 1. The van der Waals surface area contributed by atoms with Crippen LogP contribution in [0, 0.1) is 11.3 Å². The summed E-state index contributed by atoms with van der Waals surface area (Å²) in [5, 5.41) is 2.95. The third-order valence-corrected chi connectivity index (χ3v) is 5.86. The molecule has 1 fully saturated rings. The zero-order valence-corrected chi connectivity index (χ0v) is 22.0. The van der Waals surface area contributed by atoms with Gasteiger partial charge in [0.25, 0.3) is 5.91 Å². The lowest BCUT2D eigenvalue weighted by Crippen LogP contribution is -2.45. The van der Waals surface area contributed by atoms with Crippen LogP contribution in [0.15, 0.2) is 36.4 Å². The summed E-state index contributed by atoms with van der Waals surface area (Å²) in [5.41, 5.74) is 1.96. The molecule has 0 unspecified atom stereocenters. The van der Waals surface area contributed by atoms with Gasteiger partial charge in [0.1, 0.15) is 0 Å². The molecular weight excluding hydrogens is 446 g/mol. The maximum Gasteiger partial charge on any atom is 0.255 e. The Bertz CT molecular complexity index is 958. The molecule has 35 heavy (non-hydrogen) atoms. The third kappa shape index (κ3) is 6.47. The summed E-state index contributed by atoms with van der Waals surface area (Å²) in [4.78, 5) is 13.1. The predicted molar refractivity (Wildman–Crippen MR) is 137 cm³/mol. The fraction of sp³-hybridized carbons (Fsp3) is 0.536. The second kappa shape index (κ2) is 11.8. The van der Waals surface area contributed by atoms with Crippen molar-refractivity contribution in [2.75, 3.05) is 31.7 Å². The lowest BCUT2D eigenvalue weighted by molar-refractivity contribution is -0.274. The van der Waals surface area contributed by atoms with Crippen molar-refractivity contribution >= 4 is 11.6 Å². The summed E-state index contributed by atoms with van der Waals surface area (Å²) >= 11 is 0. The van der Waals surface area contributed by atoms with E-state index in [1.54, 1.807) is 12.1 Å². The Kier molecular flexibility index (Phi) is 9.03. The first-order valence-electron chi connectivity index (χ1n) is 12.4. The van der Waals surface area contributed by atoms with E-state index in [0.717, 1.165) is 5.56 Å². The molecule has 2 aromatic rings. The van der Waals surface area contributed by atoms with Crippen LogP contribution in [0.3, 0.4) is 0 Å². The number of anilines is 1. The minimum atomic E-state index is -0.422. The highest BCUT2D eigenvalue weighted by molar-refractivity contribution is 6.05. The van der Waals surface area contributed by atoms with Gasteiger partial charge < -0.3 is 29.0 Å². The summed E-state index contributed by atoms with van der Waals surface area (Å²) in [7, 11) is 0. The number of carbonyl (C=O) groups excluding carboxylic acids is 1. The number of rotatable bonds is 10. The molecule has 7 nitrogen and oxygen atoms in total. The van der Waals surface area contributed by atoms with Gasteiger partial charge in [-0.1, -0.05) is 39.8 Å². The molecule has 1 heterocycles. The molecule has 1 amide bonds. The molecule has 0 radical (unpaired) electrons. The summed E-state index contributed by atoms with van der Waals surface area (Å²) in [6.07, 6.45) is -0.326. The van der Waals surface area contributed by atoms with Crippen molar-refractivity contribution in [2.24, 2.45) is 11.3 Å². The topological polar surface area (TPSA) is 75.3 Å². The quantitative estimate of drug-likeness (QED) is 0.430. The van der Waals surface area contributed by atoms with E-state index < -0.39 is 6.29 Å².